The molecule has 1 N–H and O–H groups in total. The standard InChI is InChI=1S/C12H17F2NO/c1-3-16-8-9(2)15-7-10-11(13)5-4-6-12(10)14/h4-6,9,15H,3,7-8H2,1-2H3. The molecule has 0 aliphatic carbocycles. The van der Waals surface area contributed by atoms with Crippen LogP contribution in [0.2, 0.25) is 0 Å². The summed E-state index contributed by atoms with van der Waals surface area (Å²) in [6, 6.07) is 3.94. The lowest BCUT2D eigenvalue weighted by atomic mass is 10.2. The molecular weight excluding hydrogens is 212 g/mol. The van der Waals surface area contributed by atoms with Crippen LogP contribution in [0.3, 0.4) is 0 Å². The van der Waals surface area contributed by atoms with Gasteiger partial charge in [0.25, 0.3) is 0 Å². The molecule has 0 saturated heterocycles. The van der Waals surface area contributed by atoms with Crippen molar-refractivity contribution in [3.05, 3.63) is 35.4 Å². The van der Waals surface area contributed by atoms with Crippen molar-refractivity contribution in [3.8, 4) is 0 Å². The maximum absolute atomic E-state index is 13.2. The topological polar surface area (TPSA) is 21.3 Å². The fraction of sp³-hybridized carbons (Fsp3) is 0.500. The minimum atomic E-state index is -0.517. The molecule has 1 aromatic rings. The smallest absolute Gasteiger partial charge is 0.130 e. The molecule has 90 valence electrons. The van der Waals surface area contributed by atoms with E-state index in [-0.39, 0.29) is 18.2 Å². The monoisotopic (exact) mass is 229 g/mol. The molecule has 0 aliphatic rings. The molecular formula is C12H17F2NO. The zero-order chi connectivity index (χ0) is 12.0. The molecule has 0 amide bonds. The van der Waals surface area contributed by atoms with Crippen molar-refractivity contribution in [2.24, 2.45) is 0 Å². The summed E-state index contributed by atoms with van der Waals surface area (Å²) in [5.74, 6) is -1.03. The molecule has 0 fully saturated rings. The first-order valence-electron chi connectivity index (χ1n) is 5.39. The van der Waals surface area contributed by atoms with Crippen molar-refractivity contribution >= 4 is 0 Å². The summed E-state index contributed by atoms with van der Waals surface area (Å²) in [6.07, 6.45) is 0. The fourth-order valence-corrected chi connectivity index (χ4v) is 1.33. The van der Waals surface area contributed by atoms with Crippen LogP contribution in [0.25, 0.3) is 0 Å². The van der Waals surface area contributed by atoms with Gasteiger partial charge in [-0.15, -0.1) is 0 Å². The van der Waals surface area contributed by atoms with Gasteiger partial charge in [0.1, 0.15) is 11.6 Å². The quantitative estimate of drug-likeness (QED) is 0.809. The fourth-order valence-electron chi connectivity index (χ4n) is 1.33. The van der Waals surface area contributed by atoms with E-state index in [1.165, 1.54) is 18.2 Å². The molecule has 0 radical (unpaired) electrons. The van der Waals surface area contributed by atoms with Crippen LogP contribution in [0, 0.1) is 11.6 Å². The summed E-state index contributed by atoms with van der Waals surface area (Å²) >= 11 is 0. The van der Waals surface area contributed by atoms with Gasteiger partial charge < -0.3 is 10.1 Å². The van der Waals surface area contributed by atoms with Crippen molar-refractivity contribution in [3.63, 3.8) is 0 Å². The van der Waals surface area contributed by atoms with Crippen molar-refractivity contribution in [2.75, 3.05) is 13.2 Å². The molecule has 0 heterocycles. The van der Waals surface area contributed by atoms with E-state index in [1.54, 1.807) is 0 Å². The summed E-state index contributed by atoms with van der Waals surface area (Å²) < 4.78 is 31.7. The number of ether oxygens (including phenoxy) is 1. The molecule has 1 unspecified atom stereocenters. The average Bonchev–Trinajstić information content (AvgIpc) is 2.25. The number of rotatable bonds is 6. The van der Waals surface area contributed by atoms with Crippen LogP contribution in [-0.2, 0) is 11.3 Å². The maximum atomic E-state index is 13.2. The molecule has 1 atom stereocenters. The van der Waals surface area contributed by atoms with Crippen LogP contribution in [0.15, 0.2) is 18.2 Å². The number of nitrogens with one attached hydrogen (secondary N) is 1. The van der Waals surface area contributed by atoms with Crippen molar-refractivity contribution < 1.29 is 13.5 Å². The molecule has 1 rings (SSSR count). The van der Waals surface area contributed by atoms with E-state index in [0.29, 0.717) is 13.2 Å². The van der Waals surface area contributed by atoms with Gasteiger partial charge in [-0.25, -0.2) is 8.78 Å². The summed E-state index contributed by atoms with van der Waals surface area (Å²) in [5, 5.41) is 3.01. The van der Waals surface area contributed by atoms with Crippen LogP contribution in [0.5, 0.6) is 0 Å². The first-order chi connectivity index (χ1) is 7.65. The second-order valence-electron chi connectivity index (χ2n) is 3.64. The van der Waals surface area contributed by atoms with Crippen molar-refractivity contribution in [1.29, 1.82) is 0 Å². The minimum Gasteiger partial charge on any atom is -0.380 e. The highest BCUT2D eigenvalue weighted by Gasteiger charge is 2.09. The van der Waals surface area contributed by atoms with Crippen molar-refractivity contribution in [2.45, 2.75) is 26.4 Å². The minimum absolute atomic E-state index is 0.0685. The Morgan fingerprint density at radius 2 is 1.94 bits per heavy atom. The Hall–Kier alpha value is -1.00. The Kier molecular flexibility index (Phi) is 5.35. The van der Waals surface area contributed by atoms with Gasteiger partial charge in [-0.05, 0) is 26.0 Å². The highest BCUT2D eigenvalue weighted by atomic mass is 19.1. The summed E-state index contributed by atoms with van der Waals surface area (Å²) in [6.45, 7) is 5.16. The van der Waals surface area contributed by atoms with Crippen LogP contribution >= 0.6 is 0 Å². The van der Waals surface area contributed by atoms with Gasteiger partial charge >= 0.3 is 0 Å². The van der Waals surface area contributed by atoms with Gasteiger partial charge in [0.15, 0.2) is 0 Å². The van der Waals surface area contributed by atoms with Gasteiger partial charge in [0.2, 0.25) is 0 Å². The van der Waals surface area contributed by atoms with E-state index in [2.05, 4.69) is 5.32 Å². The molecule has 0 aliphatic heterocycles. The van der Waals surface area contributed by atoms with Crippen LogP contribution in [0.4, 0.5) is 8.78 Å². The largest absolute Gasteiger partial charge is 0.380 e. The van der Waals surface area contributed by atoms with E-state index in [9.17, 15) is 8.78 Å². The first kappa shape index (κ1) is 13.1. The third-order valence-electron chi connectivity index (χ3n) is 2.26. The summed E-state index contributed by atoms with van der Waals surface area (Å²) in [4.78, 5) is 0. The summed E-state index contributed by atoms with van der Waals surface area (Å²) in [5.41, 5.74) is 0.0749. The molecule has 0 saturated carbocycles. The van der Waals surface area contributed by atoms with Crippen molar-refractivity contribution in [1.82, 2.24) is 5.32 Å². The normalized spacial score (nSPS) is 12.8. The Bertz CT molecular complexity index is 311. The van der Waals surface area contributed by atoms with Gasteiger partial charge in [-0.2, -0.15) is 0 Å². The van der Waals surface area contributed by atoms with E-state index in [1.807, 2.05) is 13.8 Å². The van der Waals surface area contributed by atoms with E-state index in [0.717, 1.165) is 0 Å². The van der Waals surface area contributed by atoms with Gasteiger partial charge in [0, 0.05) is 24.8 Å². The second-order valence-corrected chi connectivity index (χ2v) is 3.64. The van der Waals surface area contributed by atoms with Crippen LogP contribution in [0.1, 0.15) is 19.4 Å². The zero-order valence-electron chi connectivity index (χ0n) is 9.59. The summed E-state index contributed by atoms with van der Waals surface area (Å²) in [7, 11) is 0. The van der Waals surface area contributed by atoms with E-state index in [4.69, 9.17) is 4.74 Å². The third-order valence-corrected chi connectivity index (χ3v) is 2.26. The first-order valence-corrected chi connectivity index (χ1v) is 5.39. The SMILES string of the molecule is CCOCC(C)NCc1c(F)cccc1F. The molecule has 2 nitrogen and oxygen atoms in total. The Balaban J connectivity index is 2.48. The highest BCUT2D eigenvalue weighted by Crippen LogP contribution is 2.11. The molecule has 0 spiro atoms. The predicted octanol–water partition coefficient (Wildman–Crippen LogP) is 2.48. The van der Waals surface area contributed by atoms with Crippen LogP contribution < -0.4 is 5.32 Å². The van der Waals surface area contributed by atoms with Gasteiger partial charge in [0.05, 0.1) is 6.61 Å². The zero-order valence-corrected chi connectivity index (χ0v) is 9.59. The lowest BCUT2D eigenvalue weighted by molar-refractivity contribution is 0.126. The Morgan fingerprint density at radius 1 is 1.31 bits per heavy atom. The van der Waals surface area contributed by atoms with Gasteiger partial charge in [-0.3, -0.25) is 0 Å². The molecule has 16 heavy (non-hydrogen) atoms. The lowest BCUT2D eigenvalue weighted by Gasteiger charge is -2.14. The lowest BCUT2D eigenvalue weighted by Crippen LogP contribution is -2.30. The number of hydrogen-bond donors (Lipinski definition) is 1. The Labute approximate surface area is 94.6 Å². The van der Waals surface area contributed by atoms with E-state index < -0.39 is 11.6 Å². The highest BCUT2D eigenvalue weighted by molar-refractivity contribution is 5.19. The third kappa shape index (κ3) is 3.87. The number of hydrogen-bond acceptors (Lipinski definition) is 2. The number of halogens is 2. The molecule has 0 bridgehead atoms. The molecule has 1 aromatic carbocycles. The van der Waals surface area contributed by atoms with Gasteiger partial charge in [-0.1, -0.05) is 6.07 Å². The van der Waals surface area contributed by atoms with Crippen LogP contribution in [-0.4, -0.2) is 19.3 Å². The second kappa shape index (κ2) is 6.55. The molecule has 0 aromatic heterocycles. The molecule has 4 heteroatoms. The predicted molar refractivity (Wildman–Crippen MR) is 59.2 cm³/mol. The van der Waals surface area contributed by atoms with E-state index >= 15 is 0 Å². The number of benzene rings is 1. The Morgan fingerprint density at radius 3 is 2.50 bits per heavy atom. The maximum Gasteiger partial charge on any atom is 0.130 e. The average molecular weight is 229 g/mol.